The minimum Gasteiger partial charge on any atom is -0.290 e. The molecule has 0 rings (SSSR count). The van der Waals surface area contributed by atoms with Crippen LogP contribution in [0.4, 0.5) is 0 Å². The fourth-order valence-electron chi connectivity index (χ4n) is 0.0830. The Kier molecular flexibility index (Phi) is 5.70. The third kappa shape index (κ3) is 4.37. The Labute approximate surface area is 45.3 Å². The molecule has 0 aromatic heterocycles. The molecule has 0 aromatic carbocycles. The lowest BCUT2D eigenvalue weighted by molar-refractivity contribution is 0.560. The Hall–Kier alpha value is 0.370. The fraction of sp³-hybridized carbons (Fsp3) is 0.667. The van der Waals surface area contributed by atoms with Gasteiger partial charge in [0.05, 0.1) is 5.75 Å². The Morgan fingerprint density at radius 2 is 2.50 bits per heavy atom. The molecule has 0 heterocycles. The first-order valence-electron chi connectivity index (χ1n) is 1.42. The molecular weight excluding hydrogens is 116 g/mol. The van der Waals surface area contributed by atoms with E-state index < -0.39 is 0 Å². The van der Waals surface area contributed by atoms with E-state index in [1.807, 2.05) is 6.26 Å². The Balaban J connectivity index is 2.49. The molecule has 0 aliphatic rings. The number of carbonyl (C=O) groups excluding carboxylic acids is 1. The third-order valence-corrected chi connectivity index (χ3v) is 1.77. The van der Waals surface area contributed by atoms with Crippen molar-refractivity contribution in [3.05, 3.63) is 0 Å². The van der Waals surface area contributed by atoms with Gasteiger partial charge in [-0.15, -0.1) is 0 Å². The SMILES string of the molecule is CSSC[C]=O. The van der Waals surface area contributed by atoms with Crippen molar-refractivity contribution in [3.63, 3.8) is 0 Å². The van der Waals surface area contributed by atoms with Crippen molar-refractivity contribution in [2.45, 2.75) is 0 Å². The summed E-state index contributed by atoms with van der Waals surface area (Å²) in [5, 5.41) is 0. The van der Waals surface area contributed by atoms with Crippen LogP contribution in [0.2, 0.25) is 0 Å². The molecule has 0 N–H and O–H groups in total. The van der Waals surface area contributed by atoms with E-state index in [-0.39, 0.29) is 0 Å². The molecule has 0 aliphatic carbocycles. The summed E-state index contributed by atoms with van der Waals surface area (Å²) in [4.78, 5) is 9.40. The average Bonchev–Trinajstić information content (AvgIpc) is 1.61. The van der Waals surface area contributed by atoms with Crippen LogP contribution < -0.4 is 0 Å². The van der Waals surface area contributed by atoms with Crippen LogP contribution in [0.5, 0.6) is 0 Å². The van der Waals surface area contributed by atoms with E-state index in [0.717, 1.165) is 0 Å². The molecular formula is C3H5OS2. The van der Waals surface area contributed by atoms with Crippen molar-refractivity contribution < 1.29 is 4.79 Å². The minimum absolute atomic E-state index is 0.487. The molecule has 0 aliphatic heterocycles. The van der Waals surface area contributed by atoms with Gasteiger partial charge in [-0.25, -0.2) is 0 Å². The summed E-state index contributed by atoms with van der Waals surface area (Å²) in [6.45, 7) is 0. The van der Waals surface area contributed by atoms with Crippen molar-refractivity contribution in [2.24, 2.45) is 0 Å². The standard InChI is InChI=1S/C3H5OS2/c1-5-6-3-2-4/h3H2,1H3. The molecule has 35 valence electrons. The van der Waals surface area contributed by atoms with E-state index in [4.69, 9.17) is 0 Å². The van der Waals surface area contributed by atoms with Crippen LogP contribution in [0.15, 0.2) is 0 Å². The van der Waals surface area contributed by atoms with Gasteiger partial charge in [-0.05, 0) is 6.26 Å². The zero-order valence-corrected chi connectivity index (χ0v) is 5.06. The lowest BCUT2D eigenvalue weighted by Crippen LogP contribution is -1.69. The summed E-state index contributed by atoms with van der Waals surface area (Å²) in [6, 6.07) is 0. The molecule has 0 saturated carbocycles. The van der Waals surface area contributed by atoms with Gasteiger partial charge >= 0.3 is 0 Å². The largest absolute Gasteiger partial charge is 0.290 e. The Bertz CT molecular complexity index is 37.8. The summed E-state index contributed by atoms with van der Waals surface area (Å²) in [5.74, 6) is 0.487. The summed E-state index contributed by atoms with van der Waals surface area (Å²) >= 11 is 0. The van der Waals surface area contributed by atoms with Crippen LogP contribution in [0.1, 0.15) is 0 Å². The van der Waals surface area contributed by atoms with E-state index in [0.29, 0.717) is 5.75 Å². The summed E-state index contributed by atoms with van der Waals surface area (Å²) < 4.78 is 0. The molecule has 0 saturated heterocycles. The maximum absolute atomic E-state index is 9.40. The van der Waals surface area contributed by atoms with E-state index in [2.05, 4.69) is 0 Å². The normalized spacial score (nSPS) is 8.17. The first-order chi connectivity index (χ1) is 2.91. The average molecular weight is 121 g/mol. The van der Waals surface area contributed by atoms with E-state index >= 15 is 0 Å². The van der Waals surface area contributed by atoms with E-state index in [1.54, 1.807) is 17.1 Å². The molecule has 0 bridgehead atoms. The van der Waals surface area contributed by atoms with Crippen molar-refractivity contribution in [2.75, 3.05) is 12.0 Å². The van der Waals surface area contributed by atoms with Crippen molar-refractivity contribution in [1.29, 1.82) is 0 Å². The number of hydrogen-bond acceptors (Lipinski definition) is 3. The van der Waals surface area contributed by atoms with Crippen LogP contribution in [-0.2, 0) is 4.79 Å². The molecule has 0 unspecified atom stereocenters. The van der Waals surface area contributed by atoms with Crippen molar-refractivity contribution >= 4 is 27.9 Å². The van der Waals surface area contributed by atoms with Crippen molar-refractivity contribution in [1.82, 2.24) is 0 Å². The van der Waals surface area contributed by atoms with Crippen LogP contribution in [0, 0.1) is 0 Å². The number of hydrogen-bond donors (Lipinski definition) is 0. The summed E-state index contributed by atoms with van der Waals surface area (Å²) in [5.41, 5.74) is 0. The van der Waals surface area contributed by atoms with Crippen LogP contribution in [-0.4, -0.2) is 18.3 Å². The van der Waals surface area contributed by atoms with Crippen LogP contribution in [0.3, 0.4) is 0 Å². The van der Waals surface area contributed by atoms with Gasteiger partial charge in [0.25, 0.3) is 0 Å². The van der Waals surface area contributed by atoms with E-state index in [9.17, 15) is 4.79 Å². The molecule has 1 nitrogen and oxygen atoms in total. The number of rotatable bonds is 3. The predicted molar refractivity (Wildman–Crippen MR) is 31.7 cm³/mol. The van der Waals surface area contributed by atoms with Gasteiger partial charge in [0.15, 0.2) is 0 Å². The predicted octanol–water partition coefficient (Wildman–Crippen LogP) is 1.11. The van der Waals surface area contributed by atoms with Gasteiger partial charge in [-0.2, -0.15) is 0 Å². The molecule has 3 heteroatoms. The van der Waals surface area contributed by atoms with Crippen LogP contribution in [0.25, 0.3) is 0 Å². The van der Waals surface area contributed by atoms with Gasteiger partial charge in [-0.1, -0.05) is 21.6 Å². The molecule has 0 atom stereocenters. The molecule has 0 aromatic rings. The highest BCUT2D eigenvalue weighted by atomic mass is 33.1. The van der Waals surface area contributed by atoms with Gasteiger partial charge in [0, 0.05) is 0 Å². The van der Waals surface area contributed by atoms with Gasteiger partial charge in [-0.3, -0.25) is 4.79 Å². The second kappa shape index (κ2) is 5.37. The van der Waals surface area contributed by atoms with Gasteiger partial charge in [0.1, 0.15) is 0 Å². The highest BCUT2D eigenvalue weighted by Gasteiger charge is 1.77. The highest BCUT2D eigenvalue weighted by Crippen LogP contribution is 2.13. The second-order valence-electron chi connectivity index (χ2n) is 0.573. The molecule has 0 fully saturated rings. The minimum atomic E-state index is 0.487. The lowest BCUT2D eigenvalue weighted by Gasteiger charge is -1.78. The zero-order chi connectivity index (χ0) is 4.83. The topological polar surface area (TPSA) is 17.1 Å². The zero-order valence-electron chi connectivity index (χ0n) is 3.43. The summed E-state index contributed by atoms with van der Waals surface area (Å²) in [6.07, 6.45) is 3.69. The van der Waals surface area contributed by atoms with Gasteiger partial charge in [0.2, 0.25) is 6.29 Å². The smallest absolute Gasteiger partial charge is 0.210 e. The van der Waals surface area contributed by atoms with Crippen LogP contribution >= 0.6 is 21.6 Å². The molecule has 0 amide bonds. The monoisotopic (exact) mass is 121 g/mol. The summed E-state index contributed by atoms with van der Waals surface area (Å²) in [7, 11) is 3.08. The quantitative estimate of drug-likeness (QED) is 0.411. The molecule has 0 spiro atoms. The Morgan fingerprint density at radius 1 is 1.83 bits per heavy atom. The first-order valence-corrected chi connectivity index (χ1v) is 4.15. The molecule has 6 heavy (non-hydrogen) atoms. The lowest BCUT2D eigenvalue weighted by atomic mass is 10.9. The maximum atomic E-state index is 9.40. The molecule has 1 radical (unpaired) electrons. The third-order valence-electron chi connectivity index (χ3n) is 0.236. The Morgan fingerprint density at radius 3 is 2.67 bits per heavy atom. The maximum Gasteiger partial charge on any atom is 0.210 e. The fourth-order valence-corrected chi connectivity index (χ4v) is 0.747. The van der Waals surface area contributed by atoms with Crippen molar-refractivity contribution in [3.8, 4) is 0 Å². The van der Waals surface area contributed by atoms with E-state index in [1.165, 1.54) is 10.8 Å². The first kappa shape index (κ1) is 6.37. The van der Waals surface area contributed by atoms with Gasteiger partial charge < -0.3 is 0 Å². The second-order valence-corrected chi connectivity index (χ2v) is 3.14. The highest BCUT2D eigenvalue weighted by molar-refractivity contribution is 8.76.